The van der Waals surface area contributed by atoms with Gasteiger partial charge in [0.2, 0.25) is 0 Å². The molecule has 9 heteroatoms. The van der Waals surface area contributed by atoms with Crippen molar-refractivity contribution in [3.05, 3.63) is 94.6 Å². The Morgan fingerprint density at radius 1 is 0.950 bits per heavy atom. The molecule has 3 aromatic carbocycles. The first-order valence-electron chi connectivity index (χ1n) is 13.6. The molecule has 208 valence electrons. The molecule has 0 radical (unpaired) electrons. The van der Waals surface area contributed by atoms with Gasteiger partial charge in [-0.1, -0.05) is 35.9 Å². The number of nitrogens with one attached hydrogen (secondary N) is 3. The number of carbonyl (C=O) groups excluding carboxylic acids is 2. The summed E-state index contributed by atoms with van der Waals surface area (Å²) in [6.45, 7) is 5.72. The summed E-state index contributed by atoms with van der Waals surface area (Å²) in [5.41, 5.74) is 4.93. The van der Waals surface area contributed by atoms with Crippen LogP contribution in [-0.4, -0.2) is 45.7 Å². The van der Waals surface area contributed by atoms with Crippen molar-refractivity contribution in [2.24, 2.45) is 0 Å². The Hall–Kier alpha value is -3.85. The molecule has 0 saturated carbocycles. The first-order valence-corrected chi connectivity index (χ1v) is 14.0. The lowest BCUT2D eigenvalue weighted by atomic mass is 10.1. The third-order valence-electron chi connectivity index (χ3n) is 7.27. The third kappa shape index (κ3) is 6.83. The third-order valence-corrected chi connectivity index (χ3v) is 7.53. The molecular weight excluding hydrogens is 526 g/mol. The SMILES string of the molecule is CCn1cc(NC(=O)NCc2ccc(Cl)cc2)c2cc(NC(=O)c3ccc(CN4CCC(O)CC4)cc3)ccc21. The fourth-order valence-corrected chi connectivity index (χ4v) is 5.11. The molecule has 8 nitrogen and oxygen atoms in total. The van der Waals surface area contributed by atoms with Crippen LogP contribution in [0.25, 0.3) is 10.9 Å². The molecule has 0 aliphatic carbocycles. The van der Waals surface area contributed by atoms with Gasteiger partial charge in [0, 0.05) is 60.6 Å². The highest BCUT2D eigenvalue weighted by molar-refractivity contribution is 6.30. The summed E-state index contributed by atoms with van der Waals surface area (Å²) in [5.74, 6) is -0.197. The first-order chi connectivity index (χ1) is 19.4. The number of aliphatic hydroxyl groups excluding tert-OH is 1. The number of hydrogen-bond acceptors (Lipinski definition) is 4. The molecule has 0 spiro atoms. The average molecular weight is 560 g/mol. The number of likely N-dealkylation sites (tertiary alicyclic amines) is 1. The van der Waals surface area contributed by atoms with Gasteiger partial charge in [-0.2, -0.15) is 0 Å². The van der Waals surface area contributed by atoms with Gasteiger partial charge in [-0.15, -0.1) is 0 Å². The number of hydrogen-bond donors (Lipinski definition) is 4. The molecule has 4 N–H and O–H groups in total. The Bertz CT molecular complexity index is 1480. The smallest absolute Gasteiger partial charge is 0.319 e. The highest BCUT2D eigenvalue weighted by atomic mass is 35.5. The maximum Gasteiger partial charge on any atom is 0.319 e. The van der Waals surface area contributed by atoms with E-state index in [1.807, 2.05) is 67.7 Å². The number of fused-ring (bicyclic) bond motifs is 1. The van der Waals surface area contributed by atoms with Crippen LogP contribution in [0.4, 0.5) is 16.2 Å². The molecule has 0 bridgehead atoms. The Labute approximate surface area is 238 Å². The molecule has 0 atom stereocenters. The highest BCUT2D eigenvalue weighted by Gasteiger charge is 2.17. The molecular formula is C31H34ClN5O3. The molecule has 1 aliphatic heterocycles. The zero-order valence-corrected chi connectivity index (χ0v) is 23.2. The minimum Gasteiger partial charge on any atom is -0.393 e. The van der Waals surface area contributed by atoms with Crippen LogP contribution in [0.15, 0.2) is 72.9 Å². The Morgan fingerprint density at radius 3 is 2.35 bits per heavy atom. The lowest BCUT2D eigenvalue weighted by Gasteiger charge is -2.29. The quantitative estimate of drug-likeness (QED) is 0.218. The summed E-state index contributed by atoms with van der Waals surface area (Å²) in [4.78, 5) is 28.0. The number of aryl methyl sites for hydroxylation is 1. The molecule has 3 amide bonds. The maximum absolute atomic E-state index is 13.0. The van der Waals surface area contributed by atoms with Crippen molar-refractivity contribution in [3.63, 3.8) is 0 Å². The van der Waals surface area contributed by atoms with E-state index in [9.17, 15) is 14.7 Å². The Balaban J connectivity index is 1.24. The van der Waals surface area contributed by atoms with Gasteiger partial charge in [-0.05, 0) is 73.4 Å². The molecule has 1 aromatic heterocycles. The zero-order chi connectivity index (χ0) is 28.1. The van der Waals surface area contributed by atoms with Crippen molar-refractivity contribution in [3.8, 4) is 0 Å². The topological polar surface area (TPSA) is 98.6 Å². The number of aromatic nitrogens is 1. The average Bonchev–Trinajstić information content (AvgIpc) is 3.30. The Morgan fingerprint density at radius 2 is 1.65 bits per heavy atom. The van der Waals surface area contributed by atoms with E-state index in [1.54, 1.807) is 12.1 Å². The summed E-state index contributed by atoms with van der Waals surface area (Å²) in [5, 5.41) is 20.0. The Kier molecular flexibility index (Phi) is 8.69. The predicted octanol–water partition coefficient (Wildman–Crippen LogP) is 5.85. The van der Waals surface area contributed by atoms with E-state index in [0.29, 0.717) is 28.5 Å². The van der Waals surface area contributed by atoms with Crippen LogP contribution in [0.3, 0.4) is 0 Å². The molecule has 1 saturated heterocycles. The molecule has 1 fully saturated rings. The lowest BCUT2D eigenvalue weighted by molar-refractivity contribution is 0.0792. The fraction of sp³-hybridized carbons (Fsp3) is 0.290. The summed E-state index contributed by atoms with van der Waals surface area (Å²) >= 11 is 5.94. The molecule has 4 aromatic rings. The summed E-state index contributed by atoms with van der Waals surface area (Å²) < 4.78 is 2.05. The van der Waals surface area contributed by atoms with Crippen molar-refractivity contribution < 1.29 is 14.7 Å². The van der Waals surface area contributed by atoms with E-state index >= 15 is 0 Å². The number of anilines is 2. The van der Waals surface area contributed by atoms with Crippen LogP contribution in [-0.2, 0) is 19.6 Å². The van der Waals surface area contributed by atoms with Crippen LogP contribution in [0.2, 0.25) is 5.02 Å². The molecule has 5 rings (SSSR count). The van der Waals surface area contributed by atoms with E-state index in [0.717, 1.165) is 61.1 Å². The monoisotopic (exact) mass is 559 g/mol. The minimum atomic E-state index is -0.319. The van der Waals surface area contributed by atoms with E-state index in [4.69, 9.17) is 11.6 Å². The predicted molar refractivity (Wildman–Crippen MR) is 160 cm³/mol. The number of halogens is 1. The number of nitrogens with zero attached hydrogens (tertiary/aromatic N) is 2. The number of benzene rings is 3. The van der Waals surface area contributed by atoms with E-state index in [2.05, 4.69) is 25.4 Å². The number of piperidine rings is 1. The number of urea groups is 1. The second kappa shape index (κ2) is 12.6. The fourth-order valence-electron chi connectivity index (χ4n) is 4.99. The van der Waals surface area contributed by atoms with Crippen LogP contribution >= 0.6 is 11.6 Å². The van der Waals surface area contributed by atoms with Gasteiger partial charge in [-0.3, -0.25) is 9.69 Å². The molecule has 40 heavy (non-hydrogen) atoms. The van der Waals surface area contributed by atoms with Gasteiger partial charge >= 0.3 is 6.03 Å². The second-order valence-corrected chi connectivity index (χ2v) is 10.6. The first kappa shape index (κ1) is 27.7. The van der Waals surface area contributed by atoms with Crippen molar-refractivity contribution in [2.45, 2.75) is 45.5 Å². The number of aliphatic hydroxyl groups is 1. The van der Waals surface area contributed by atoms with Crippen LogP contribution < -0.4 is 16.0 Å². The summed E-state index contributed by atoms with van der Waals surface area (Å²) in [6, 6.07) is 20.3. The van der Waals surface area contributed by atoms with Crippen LogP contribution in [0.5, 0.6) is 0 Å². The van der Waals surface area contributed by atoms with Gasteiger partial charge in [0.25, 0.3) is 5.91 Å². The van der Waals surface area contributed by atoms with Crippen molar-refractivity contribution in [1.29, 1.82) is 0 Å². The van der Waals surface area contributed by atoms with Gasteiger partial charge in [0.15, 0.2) is 0 Å². The zero-order valence-electron chi connectivity index (χ0n) is 22.5. The number of rotatable bonds is 8. The lowest BCUT2D eigenvalue weighted by Crippen LogP contribution is -2.35. The number of carbonyl (C=O) groups is 2. The standard InChI is InChI=1S/C31H34ClN5O3/c1-2-37-20-28(35-31(40)33-18-21-5-9-24(32)10-6-21)27-17-25(11-12-29(27)37)34-30(39)23-7-3-22(4-8-23)19-36-15-13-26(38)14-16-36/h3-12,17,20,26,38H,2,13-16,18-19H2,1H3,(H,34,39)(H2,33,35,40). The molecule has 2 heterocycles. The number of amides is 3. The minimum absolute atomic E-state index is 0.189. The van der Waals surface area contributed by atoms with E-state index in [1.165, 1.54) is 0 Å². The van der Waals surface area contributed by atoms with Gasteiger partial charge in [0.05, 0.1) is 17.3 Å². The van der Waals surface area contributed by atoms with E-state index in [-0.39, 0.29) is 18.0 Å². The molecule has 1 aliphatic rings. The van der Waals surface area contributed by atoms with Crippen molar-refractivity contribution >= 4 is 45.8 Å². The summed E-state index contributed by atoms with van der Waals surface area (Å²) in [7, 11) is 0. The second-order valence-electron chi connectivity index (χ2n) is 10.2. The van der Waals surface area contributed by atoms with E-state index < -0.39 is 0 Å². The van der Waals surface area contributed by atoms with Crippen LogP contribution in [0.1, 0.15) is 41.3 Å². The van der Waals surface area contributed by atoms with Gasteiger partial charge in [0.1, 0.15) is 0 Å². The van der Waals surface area contributed by atoms with Crippen molar-refractivity contribution in [1.82, 2.24) is 14.8 Å². The maximum atomic E-state index is 13.0. The van der Waals surface area contributed by atoms with Gasteiger partial charge < -0.3 is 25.6 Å². The largest absolute Gasteiger partial charge is 0.393 e. The van der Waals surface area contributed by atoms with Crippen molar-refractivity contribution in [2.75, 3.05) is 23.7 Å². The molecule has 0 unspecified atom stereocenters. The van der Waals surface area contributed by atoms with Gasteiger partial charge in [-0.25, -0.2) is 4.79 Å². The summed E-state index contributed by atoms with van der Waals surface area (Å²) in [6.07, 6.45) is 3.32. The van der Waals surface area contributed by atoms with Crippen LogP contribution in [0, 0.1) is 0 Å². The normalized spacial score (nSPS) is 14.3. The highest BCUT2D eigenvalue weighted by Crippen LogP contribution is 2.29.